The van der Waals surface area contributed by atoms with E-state index in [9.17, 15) is 4.79 Å². The van der Waals surface area contributed by atoms with Crippen LogP contribution in [0.5, 0.6) is 0 Å². The fraction of sp³-hybridized carbons (Fsp3) is 0.438. The van der Waals surface area contributed by atoms with E-state index < -0.39 is 5.97 Å². The third-order valence-corrected chi connectivity index (χ3v) is 4.65. The molecule has 0 spiro atoms. The van der Waals surface area contributed by atoms with Crippen molar-refractivity contribution in [2.24, 2.45) is 5.92 Å². The second kappa shape index (κ2) is 7.14. The van der Waals surface area contributed by atoms with E-state index in [4.69, 9.17) is 5.11 Å². The number of hydrogen-bond donors (Lipinski definition) is 2. The average Bonchev–Trinajstić information content (AvgIpc) is 2.59. The molecule has 0 saturated carbocycles. The molecule has 0 amide bonds. The van der Waals surface area contributed by atoms with E-state index in [2.05, 4.69) is 19.6 Å². The number of benzene rings is 1. The predicted octanol–water partition coefficient (Wildman–Crippen LogP) is 2.41. The summed E-state index contributed by atoms with van der Waals surface area (Å²) in [7, 11) is 0. The maximum absolute atomic E-state index is 11.1. The molecule has 2 heterocycles. The van der Waals surface area contributed by atoms with Crippen molar-refractivity contribution in [3.8, 4) is 0 Å². The molecule has 122 valence electrons. The van der Waals surface area contributed by atoms with Crippen LogP contribution in [0.15, 0.2) is 24.5 Å². The fourth-order valence-corrected chi connectivity index (χ4v) is 3.46. The SMILES string of the molecule is CSNCC1CCCN(c2ncnc3cc(C(=O)O)ccc23)C1. The van der Waals surface area contributed by atoms with Crippen LogP contribution in [-0.4, -0.2) is 46.9 Å². The van der Waals surface area contributed by atoms with Gasteiger partial charge in [0.25, 0.3) is 0 Å². The Hall–Kier alpha value is -1.86. The van der Waals surface area contributed by atoms with Gasteiger partial charge in [-0.15, -0.1) is 0 Å². The molecule has 1 aromatic heterocycles. The van der Waals surface area contributed by atoms with Crippen molar-refractivity contribution >= 4 is 34.6 Å². The van der Waals surface area contributed by atoms with Gasteiger partial charge in [0.15, 0.2) is 0 Å². The molecule has 2 N–H and O–H groups in total. The Morgan fingerprint density at radius 3 is 3.13 bits per heavy atom. The Morgan fingerprint density at radius 1 is 1.48 bits per heavy atom. The number of nitrogens with zero attached hydrogens (tertiary/aromatic N) is 3. The summed E-state index contributed by atoms with van der Waals surface area (Å²) in [5.74, 6) is 0.563. The van der Waals surface area contributed by atoms with Crippen LogP contribution in [0.25, 0.3) is 10.9 Å². The first kappa shape index (κ1) is 16.0. The second-order valence-electron chi connectivity index (χ2n) is 5.74. The van der Waals surface area contributed by atoms with Crippen LogP contribution >= 0.6 is 11.9 Å². The zero-order valence-corrected chi connectivity index (χ0v) is 13.8. The summed E-state index contributed by atoms with van der Waals surface area (Å²) in [5, 5.41) is 10.0. The highest BCUT2D eigenvalue weighted by atomic mass is 32.2. The van der Waals surface area contributed by atoms with Gasteiger partial charge in [-0.25, -0.2) is 14.8 Å². The minimum absolute atomic E-state index is 0.253. The van der Waals surface area contributed by atoms with Gasteiger partial charge in [-0.05, 0) is 43.2 Å². The second-order valence-corrected chi connectivity index (χ2v) is 6.44. The van der Waals surface area contributed by atoms with Gasteiger partial charge in [-0.1, -0.05) is 11.9 Å². The van der Waals surface area contributed by atoms with Gasteiger partial charge in [-0.3, -0.25) is 4.72 Å². The number of piperidine rings is 1. The Kier molecular flexibility index (Phi) is 4.97. The maximum Gasteiger partial charge on any atom is 0.335 e. The molecule has 1 saturated heterocycles. The summed E-state index contributed by atoms with van der Waals surface area (Å²) in [5.41, 5.74) is 0.933. The van der Waals surface area contributed by atoms with Crippen molar-refractivity contribution in [2.75, 3.05) is 30.8 Å². The van der Waals surface area contributed by atoms with Crippen LogP contribution in [0.1, 0.15) is 23.2 Å². The van der Waals surface area contributed by atoms with Gasteiger partial charge in [0.1, 0.15) is 12.1 Å². The molecule has 3 rings (SSSR count). The number of fused-ring (bicyclic) bond motifs is 1. The molecule has 1 atom stereocenters. The minimum atomic E-state index is -0.937. The molecule has 0 bridgehead atoms. The Balaban J connectivity index is 1.88. The zero-order chi connectivity index (χ0) is 16.2. The number of rotatable bonds is 5. The number of nitrogens with one attached hydrogen (secondary N) is 1. The zero-order valence-electron chi connectivity index (χ0n) is 13.0. The molecule has 7 heteroatoms. The van der Waals surface area contributed by atoms with Crippen molar-refractivity contribution in [2.45, 2.75) is 12.8 Å². The highest BCUT2D eigenvalue weighted by Gasteiger charge is 2.22. The smallest absolute Gasteiger partial charge is 0.335 e. The molecule has 6 nitrogen and oxygen atoms in total. The number of aromatic nitrogens is 2. The van der Waals surface area contributed by atoms with Crippen molar-refractivity contribution in [3.05, 3.63) is 30.1 Å². The predicted molar refractivity (Wildman–Crippen MR) is 93.0 cm³/mol. The van der Waals surface area contributed by atoms with Crippen molar-refractivity contribution in [1.29, 1.82) is 0 Å². The van der Waals surface area contributed by atoms with Gasteiger partial charge >= 0.3 is 5.97 Å². The van der Waals surface area contributed by atoms with Gasteiger partial charge < -0.3 is 10.0 Å². The Labute approximate surface area is 139 Å². The number of carbonyl (C=O) groups is 1. The summed E-state index contributed by atoms with van der Waals surface area (Å²) < 4.78 is 3.34. The lowest BCUT2D eigenvalue weighted by Gasteiger charge is -2.34. The quantitative estimate of drug-likeness (QED) is 0.814. The number of aromatic carboxylic acids is 1. The van der Waals surface area contributed by atoms with Gasteiger partial charge in [0, 0.05) is 25.0 Å². The fourth-order valence-electron chi connectivity index (χ4n) is 3.05. The van der Waals surface area contributed by atoms with Crippen molar-refractivity contribution in [3.63, 3.8) is 0 Å². The molecule has 1 unspecified atom stereocenters. The van der Waals surface area contributed by atoms with Crippen LogP contribution in [-0.2, 0) is 0 Å². The number of hydrogen-bond acceptors (Lipinski definition) is 6. The molecule has 2 aromatic rings. The van der Waals surface area contributed by atoms with Crippen molar-refractivity contribution < 1.29 is 9.90 Å². The third-order valence-electron chi connectivity index (χ3n) is 4.20. The molecular weight excluding hydrogens is 312 g/mol. The van der Waals surface area contributed by atoms with E-state index in [1.54, 1.807) is 24.1 Å². The Morgan fingerprint density at radius 2 is 2.35 bits per heavy atom. The minimum Gasteiger partial charge on any atom is -0.478 e. The van der Waals surface area contributed by atoms with Gasteiger partial charge in [0.2, 0.25) is 0 Å². The number of carboxylic acid groups (broad SMARTS) is 1. The molecule has 1 aromatic carbocycles. The van der Waals surface area contributed by atoms with Crippen LogP contribution in [0, 0.1) is 5.92 Å². The summed E-state index contributed by atoms with van der Waals surface area (Å²) in [6, 6.07) is 5.05. The lowest BCUT2D eigenvalue weighted by Crippen LogP contribution is -2.39. The largest absolute Gasteiger partial charge is 0.478 e. The summed E-state index contributed by atoms with van der Waals surface area (Å²) in [6.07, 6.45) is 5.92. The highest BCUT2D eigenvalue weighted by molar-refractivity contribution is 7.96. The van der Waals surface area contributed by atoms with E-state index in [1.807, 2.05) is 12.3 Å². The summed E-state index contributed by atoms with van der Waals surface area (Å²) >= 11 is 1.65. The topological polar surface area (TPSA) is 78.3 Å². The van der Waals surface area contributed by atoms with E-state index in [0.29, 0.717) is 11.4 Å². The first-order valence-electron chi connectivity index (χ1n) is 7.68. The molecule has 0 aliphatic carbocycles. The monoisotopic (exact) mass is 332 g/mol. The maximum atomic E-state index is 11.1. The lowest BCUT2D eigenvalue weighted by atomic mass is 9.98. The van der Waals surface area contributed by atoms with Crippen LogP contribution in [0.2, 0.25) is 0 Å². The van der Waals surface area contributed by atoms with Gasteiger partial charge in [-0.2, -0.15) is 0 Å². The first-order chi connectivity index (χ1) is 11.2. The Bertz CT molecular complexity index is 710. The molecular formula is C16H20N4O2S. The van der Waals surface area contributed by atoms with E-state index >= 15 is 0 Å². The van der Waals surface area contributed by atoms with E-state index in [1.165, 1.54) is 12.7 Å². The molecule has 1 fully saturated rings. The lowest BCUT2D eigenvalue weighted by molar-refractivity contribution is 0.0697. The molecule has 1 aliphatic heterocycles. The standard InChI is InChI=1S/C16H20N4O2S/c1-23-19-8-11-3-2-6-20(9-11)15-13-5-4-12(16(21)22)7-14(13)17-10-18-15/h4-5,7,10-11,19H,2-3,6,8-9H2,1H3,(H,21,22). The molecule has 1 aliphatic rings. The van der Waals surface area contributed by atoms with Crippen LogP contribution < -0.4 is 9.62 Å². The number of anilines is 1. The van der Waals surface area contributed by atoms with Crippen LogP contribution in [0.3, 0.4) is 0 Å². The summed E-state index contributed by atoms with van der Waals surface area (Å²) in [6.45, 7) is 2.92. The molecule has 23 heavy (non-hydrogen) atoms. The van der Waals surface area contributed by atoms with E-state index in [0.717, 1.165) is 37.3 Å². The first-order valence-corrected chi connectivity index (χ1v) is 8.90. The van der Waals surface area contributed by atoms with E-state index in [-0.39, 0.29) is 5.56 Å². The molecule has 0 radical (unpaired) electrons. The summed E-state index contributed by atoms with van der Waals surface area (Å²) in [4.78, 5) is 22.1. The van der Waals surface area contributed by atoms with Gasteiger partial charge in [0.05, 0.1) is 11.1 Å². The average molecular weight is 332 g/mol. The highest BCUT2D eigenvalue weighted by Crippen LogP contribution is 2.28. The third kappa shape index (κ3) is 3.56. The van der Waals surface area contributed by atoms with Crippen molar-refractivity contribution in [1.82, 2.24) is 14.7 Å². The normalized spacial score (nSPS) is 18.3. The number of carboxylic acids is 1. The van der Waals surface area contributed by atoms with Crippen LogP contribution in [0.4, 0.5) is 5.82 Å².